The number of rotatable bonds is 4. The van der Waals surface area contributed by atoms with Crippen molar-refractivity contribution in [3.63, 3.8) is 0 Å². The molecule has 0 aromatic rings. The number of aliphatic hydroxyl groups is 1. The lowest BCUT2D eigenvalue weighted by Crippen LogP contribution is -2.16. The van der Waals surface area contributed by atoms with Crippen molar-refractivity contribution >= 4 is 16.8 Å². The average Bonchev–Trinajstić information content (AvgIpc) is 1.82. The summed E-state index contributed by atoms with van der Waals surface area (Å²) >= 11 is 4.92. The molecule has 0 rings (SSSR count). The molecule has 0 aliphatic carbocycles. The standard InChI is InChI=1S/C5H9ClO3/c1-9-3-2-4(7)5(6)8/h4,7H,2-3H2,1H3. The molecular formula is C5H9ClO3. The molecule has 0 aliphatic rings. The van der Waals surface area contributed by atoms with Gasteiger partial charge >= 0.3 is 0 Å². The van der Waals surface area contributed by atoms with Crippen molar-refractivity contribution in [2.24, 2.45) is 0 Å². The summed E-state index contributed by atoms with van der Waals surface area (Å²) in [5.41, 5.74) is 0. The summed E-state index contributed by atoms with van der Waals surface area (Å²) in [4.78, 5) is 10.1. The third-order valence-electron chi connectivity index (χ3n) is 0.857. The normalized spacial score (nSPS) is 13.2. The smallest absolute Gasteiger partial charge is 0.250 e. The van der Waals surface area contributed by atoms with Gasteiger partial charge in [-0.25, -0.2) is 0 Å². The van der Waals surface area contributed by atoms with Gasteiger partial charge < -0.3 is 9.84 Å². The van der Waals surface area contributed by atoms with Crippen molar-refractivity contribution in [2.45, 2.75) is 12.5 Å². The fraction of sp³-hybridized carbons (Fsp3) is 0.800. The van der Waals surface area contributed by atoms with E-state index < -0.39 is 11.3 Å². The summed E-state index contributed by atoms with van der Waals surface area (Å²) in [5.74, 6) is 0. The van der Waals surface area contributed by atoms with E-state index in [-0.39, 0.29) is 6.42 Å². The number of methoxy groups -OCH3 is 1. The molecule has 0 radical (unpaired) electrons. The van der Waals surface area contributed by atoms with Crippen molar-refractivity contribution in [3.8, 4) is 0 Å². The van der Waals surface area contributed by atoms with E-state index in [0.29, 0.717) is 6.61 Å². The Morgan fingerprint density at radius 2 is 2.44 bits per heavy atom. The molecule has 4 heteroatoms. The maximum atomic E-state index is 10.1. The van der Waals surface area contributed by atoms with E-state index in [4.69, 9.17) is 16.7 Å². The summed E-state index contributed by atoms with van der Waals surface area (Å²) in [5, 5.41) is 7.97. The summed E-state index contributed by atoms with van der Waals surface area (Å²) in [6.45, 7) is 0.347. The number of halogens is 1. The van der Waals surface area contributed by atoms with E-state index in [1.54, 1.807) is 0 Å². The first-order valence-corrected chi connectivity index (χ1v) is 2.92. The van der Waals surface area contributed by atoms with Gasteiger partial charge in [0.15, 0.2) is 0 Å². The van der Waals surface area contributed by atoms with Crippen LogP contribution < -0.4 is 0 Å². The molecule has 0 fully saturated rings. The molecule has 0 heterocycles. The fourth-order valence-electron chi connectivity index (χ4n) is 0.343. The Balaban J connectivity index is 3.27. The highest BCUT2D eigenvalue weighted by Crippen LogP contribution is 1.95. The quantitative estimate of drug-likeness (QED) is 0.584. The number of aliphatic hydroxyl groups excluding tert-OH is 1. The lowest BCUT2D eigenvalue weighted by molar-refractivity contribution is -0.119. The van der Waals surface area contributed by atoms with E-state index >= 15 is 0 Å². The molecule has 1 unspecified atom stereocenters. The van der Waals surface area contributed by atoms with Gasteiger partial charge in [0.25, 0.3) is 0 Å². The van der Waals surface area contributed by atoms with Gasteiger partial charge in [-0.2, -0.15) is 0 Å². The first-order chi connectivity index (χ1) is 4.18. The van der Waals surface area contributed by atoms with Crippen LogP contribution in [0.5, 0.6) is 0 Å². The van der Waals surface area contributed by atoms with Gasteiger partial charge in [-0.3, -0.25) is 4.79 Å². The molecule has 0 aromatic carbocycles. The molecule has 1 atom stereocenters. The van der Waals surface area contributed by atoms with E-state index in [9.17, 15) is 4.79 Å². The second kappa shape index (κ2) is 4.73. The molecule has 0 amide bonds. The summed E-state index contributed by atoms with van der Waals surface area (Å²) in [7, 11) is 1.49. The second-order valence-electron chi connectivity index (χ2n) is 1.60. The summed E-state index contributed by atoms with van der Waals surface area (Å²) < 4.78 is 4.59. The highest BCUT2D eigenvalue weighted by molar-refractivity contribution is 6.64. The van der Waals surface area contributed by atoms with Crippen LogP contribution in [0.3, 0.4) is 0 Å². The van der Waals surface area contributed by atoms with Crippen LogP contribution in [0, 0.1) is 0 Å². The van der Waals surface area contributed by atoms with Crippen LogP contribution >= 0.6 is 11.6 Å². The van der Waals surface area contributed by atoms with Crippen LogP contribution in [0.25, 0.3) is 0 Å². The van der Waals surface area contributed by atoms with Gasteiger partial charge in [-0.1, -0.05) is 0 Å². The maximum Gasteiger partial charge on any atom is 0.250 e. The summed E-state index contributed by atoms with van der Waals surface area (Å²) in [6.07, 6.45) is -0.814. The number of ether oxygens (including phenoxy) is 1. The average molecular weight is 153 g/mol. The van der Waals surface area contributed by atoms with Gasteiger partial charge in [0.05, 0.1) is 0 Å². The van der Waals surface area contributed by atoms with Crippen molar-refractivity contribution in [1.82, 2.24) is 0 Å². The van der Waals surface area contributed by atoms with E-state index in [0.717, 1.165) is 0 Å². The molecule has 1 N–H and O–H groups in total. The van der Waals surface area contributed by atoms with Crippen LogP contribution in [-0.4, -0.2) is 30.2 Å². The van der Waals surface area contributed by atoms with Gasteiger partial charge in [-0.15, -0.1) is 0 Å². The van der Waals surface area contributed by atoms with Crippen LogP contribution in [0.15, 0.2) is 0 Å². The van der Waals surface area contributed by atoms with Crippen molar-refractivity contribution in [1.29, 1.82) is 0 Å². The lowest BCUT2D eigenvalue weighted by Gasteiger charge is -2.01. The number of hydrogen-bond acceptors (Lipinski definition) is 3. The third-order valence-corrected chi connectivity index (χ3v) is 1.11. The third kappa shape index (κ3) is 4.39. The molecule has 0 saturated heterocycles. The minimum Gasteiger partial charge on any atom is -0.385 e. The first kappa shape index (κ1) is 8.88. The number of carbonyl (C=O) groups excluding carboxylic acids is 1. The molecule has 0 spiro atoms. The summed E-state index contributed by atoms with van der Waals surface area (Å²) in [6, 6.07) is 0. The zero-order valence-corrected chi connectivity index (χ0v) is 5.89. The Morgan fingerprint density at radius 3 is 2.78 bits per heavy atom. The molecule has 9 heavy (non-hydrogen) atoms. The van der Waals surface area contributed by atoms with Gasteiger partial charge in [0, 0.05) is 20.1 Å². The minimum absolute atomic E-state index is 0.263. The molecule has 0 bridgehead atoms. The van der Waals surface area contributed by atoms with Crippen LogP contribution in [0.1, 0.15) is 6.42 Å². The Kier molecular flexibility index (Phi) is 4.67. The zero-order valence-electron chi connectivity index (χ0n) is 5.13. The van der Waals surface area contributed by atoms with Gasteiger partial charge in [0.2, 0.25) is 5.24 Å². The first-order valence-electron chi connectivity index (χ1n) is 2.55. The molecule has 3 nitrogen and oxygen atoms in total. The van der Waals surface area contributed by atoms with E-state index in [1.165, 1.54) is 7.11 Å². The van der Waals surface area contributed by atoms with Crippen molar-refractivity contribution in [3.05, 3.63) is 0 Å². The topological polar surface area (TPSA) is 46.5 Å². The molecule has 54 valence electrons. The second-order valence-corrected chi connectivity index (χ2v) is 1.97. The molecule has 0 aliphatic heterocycles. The van der Waals surface area contributed by atoms with Crippen molar-refractivity contribution in [2.75, 3.05) is 13.7 Å². The Labute approximate surface area is 58.6 Å². The minimum atomic E-state index is -1.08. The molecule has 0 saturated carbocycles. The van der Waals surface area contributed by atoms with E-state index in [2.05, 4.69) is 4.74 Å². The maximum absolute atomic E-state index is 10.1. The highest BCUT2D eigenvalue weighted by Gasteiger charge is 2.09. The Bertz CT molecular complexity index is 94.2. The monoisotopic (exact) mass is 152 g/mol. The molecular weight excluding hydrogens is 144 g/mol. The van der Waals surface area contributed by atoms with E-state index in [1.807, 2.05) is 0 Å². The van der Waals surface area contributed by atoms with Crippen LogP contribution in [-0.2, 0) is 9.53 Å². The van der Waals surface area contributed by atoms with Gasteiger partial charge in [-0.05, 0) is 11.6 Å². The van der Waals surface area contributed by atoms with Crippen LogP contribution in [0.4, 0.5) is 0 Å². The highest BCUT2D eigenvalue weighted by atomic mass is 35.5. The predicted octanol–water partition coefficient (Wildman–Crippen LogP) is 0.149. The predicted molar refractivity (Wildman–Crippen MR) is 33.4 cm³/mol. The Morgan fingerprint density at radius 1 is 1.89 bits per heavy atom. The zero-order chi connectivity index (χ0) is 7.28. The van der Waals surface area contributed by atoms with Gasteiger partial charge in [0.1, 0.15) is 6.10 Å². The number of carbonyl (C=O) groups is 1. The SMILES string of the molecule is COCCC(O)C(=O)Cl. The largest absolute Gasteiger partial charge is 0.385 e. The van der Waals surface area contributed by atoms with Crippen molar-refractivity contribution < 1.29 is 14.6 Å². The van der Waals surface area contributed by atoms with Crippen LogP contribution in [0.2, 0.25) is 0 Å². The lowest BCUT2D eigenvalue weighted by atomic mass is 10.3. The fourth-order valence-corrected chi connectivity index (χ4v) is 0.452. The number of hydrogen-bond donors (Lipinski definition) is 1. The molecule has 0 aromatic heterocycles. The Hall–Kier alpha value is -0.120.